The number of phenolic OH excluding ortho intramolecular Hbond substituents is 2. The zero-order valence-corrected chi connectivity index (χ0v) is 9.45. The largest absolute Gasteiger partial charge is 0.508 e. The van der Waals surface area contributed by atoms with Gasteiger partial charge in [0.25, 0.3) is 0 Å². The molecule has 4 heteroatoms. The summed E-state index contributed by atoms with van der Waals surface area (Å²) >= 11 is 0. The highest BCUT2D eigenvalue weighted by Crippen LogP contribution is 2.23. The summed E-state index contributed by atoms with van der Waals surface area (Å²) < 4.78 is 0. The number of hydrogen-bond donors (Lipinski definition) is 2. The molecule has 0 aliphatic rings. The smallest absolute Gasteiger partial charge is 0.204 e. The van der Waals surface area contributed by atoms with Crippen molar-refractivity contribution in [1.82, 2.24) is 4.98 Å². The van der Waals surface area contributed by atoms with Crippen LogP contribution in [0.3, 0.4) is 0 Å². The van der Waals surface area contributed by atoms with E-state index >= 15 is 0 Å². The lowest BCUT2D eigenvalue weighted by Gasteiger charge is -1.99. The van der Waals surface area contributed by atoms with E-state index in [0.717, 1.165) is 0 Å². The Morgan fingerprint density at radius 2 is 2.00 bits per heavy atom. The quantitative estimate of drug-likeness (QED) is 0.639. The van der Waals surface area contributed by atoms with Crippen molar-refractivity contribution in [2.75, 3.05) is 0 Å². The van der Waals surface area contributed by atoms with E-state index in [4.69, 9.17) is 5.11 Å². The zero-order chi connectivity index (χ0) is 13.0. The van der Waals surface area contributed by atoms with Gasteiger partial charge in [0.2, 0.25) is 5.78 Å². The van der Waals surface area contributed by atoms with Crippen LogP contribution in [0.25, 0.3) is 6.08 Å². The fraction of sp³-hybridized carbons (Fsp3) is 0. The van der Waals surface area contributed by atoms with E-state index in [1.54, 1.807) is 24.4 Å². The molecule has 4 nitrogen and oxygen atoms in total. The van der Waals surface area contributed by atoms with E-state index in [-0.39, 0.29) is 17.3 Å². The molecule has 0 bridgehead atoms. The molecule has 1 aromatic heterocycles. The molecule has 1 aromatic carbocycles. The van der Waals surface area contributed by atoms with E-state index in [0.29, 0.717) is 11.3 Å². The first-order valence-corrected chi connectivity index (χ1v) is 5.32. The normalized spacial score (nSPS) is 10.7. The molecule has 0 saturated carbocycles. The van der Waals surface area contributed by atoms with Crippen molar-refractivity contribution < 1.29 is 15.0 Å². The third-order valence-corrected chi connectivity index (χ3v) is 2.35. The second-order valence-corrected chi connectivity index (χ2v) is 3.66. The Hall–Kier alpha value is -2.62. The predicted molar refractivity (Wildman–Crippen MR) is 67.4 cm³/mol. The van der Waals surface area contributed by atoms with Crippen LogP contribution in [0.5, 0.6) is 11.5 Å². The summed E-state index contributed by atoms with van der Waals surface area (Å²) in [5.41, 5.74) is 0.795. The number of carbonyl (C=O) groups is 1. The minimum atomic E-state index is -0.247. The van der Waals surface area contributed by atoms with Gasteiger partial charge in [-0.1, -0.05) is 6.07 Å². The van der Waals surface area contributed by atoms with Crippen molar-refractivity contribution in [2.45, 2.75) is 0 Å². The molecule has 90 valence electrons. The van der Waals surface area contributed by atoms with Crippen LogP contribution in [0.2, 0.25) is 0 Å². The Bertz CT molecular complexity index is 591. The molecule has 0 radical (unpaired) electrons. The van der Waals surface area contributed by atoms with Gasteiger partial charge in [0.15, 0.2) is 0 Å². The molecule has 0 atom stereocenters. The SMILES string of the molecule is O=C(/C=C/c1ccc(O)cc1O)c1ccccn1. The van der Waals surface area contributed by atoms with Gasteiger partial charge >= 0.3 is 0 Å². The topological polar surface area (TPSA) is 70.4 Å². The minimum Gasteiger partial charge on any atom is -0.508 e. The number of nitrogens with zero attached hydrogens (tertiary/aromatic N) is 1. The van der Waals surface area contributed by atoms with Crippen molar-refractivity contribution in [3.63, 3.8) is 0 Å². The molecule has 2 rings (SSSR count). The lowest BCUT2D eigenvalue weighted by Crippen LogP contribution is -1.96. The van der Waals surface area contributed by atoms with Crippen molar-refractivity contribution >= 4 is 11.9 Å². The van der Waals surface area contributed by atoms with Gasteiger partial charge in [-0.25, -0.2) is 0 Å². The van der Waals surface area contributed by atoms with Crippen LogP contribution < -0.4 is 0 Å². The molecule has 0 saturated heterocycles. The fourth-order valence-corrected chi connectivity index (χ4v) is 1.43. The number of phenols is 2. The van der Waals surface area contributed by atoms with E-state index in [1.807, 2.05) is 0 Å². The molecule has 0 fully saturated rings. The summed E-state index contributed by atoms with van der Waals surface area (Å²) in [6, 6.07) is 9.24. The summed E-state index contributed by atoms with van der Waals surface area (Å²) in [6.45, 7) is 0. The number of benzene rings is 1. The van der Waals surface area contributed by atoms with E-state index in [1.165, 1.54) is 30.4 Å². The maximum absolute atomic E-state index is 11.7. The number of aromatic hydroxyl groups is 2. The van der Waals surface area contributed by atoms with Crippen LogP contribution in [0.15, 0.2) is 48.7 Å². The van der Waals surface area contributed by atoms with Crippen LogP contribution in [-0.4, -0.2) is 21.0 Å². The summed E-state index contributed by atoms with van der Waals surface area (Å²) in [4.78, 5) is 15.6. The highest BCUT2D eigenvalue weighted by Gasteiger charge is 2.03. The van der Waals surface area contributed by atoms with Gasteiger partial charge in [0.05, 0.1) is 0 Å². The van der Waals surface area contributed by atoms with Crippen molar-refractivity contribution in [3.05, 3.63) is 59.9 Å². The zero-order valence-electron chi connectivity index (χ0n) is 9.45. The number of rotatable bonds is 3. The number of carbonyl (C=O) groups excluding carboxylic acids is 1. The summed E-state index contributed by atoms with van der Waals surface area (Å²) in [7, 11) is 0. The van der Waals surface area contributed by atoms with Crippen molar-refractivity contribution in [3.8, 4) is 11.5 Å². The minimum absolute atomic E-state index is 0.0271. The first-order chi connectivity index (χ1) is 8.66. The Morgan fingerprint density at radius 1 is 1.17 bits per heavy atom. The number of ketones is 1. The summed E-state index contributed by atoms with van der Waals surface area (Å²) in [5.74, 6) is -0.358. The third kappa shape index (κ3) is 2.74. The van der Waals surface area contributed by atoms with Gasteiger partial charge in [0, 0.05) is 17.8 Å². The molecule has 1 heterocycles. The van der Waals surface area contributed by atoms with Gasteiger partial charge < -0.3 is 10.2 Å². The molecule has 0 amide bonds. The average Bonchev–Trinajstić information content (AvgIpc) is 2.38. The van der Waals surface area contributed by atoms with E-state index < -0.39 is 0 Å². The van der Waals surface area contributed by atoms with Gasteiger partial charge in [-0.2, -0.15) is 0 Å². The Kier molecular flexibility index (Phi) is 3.38. The Balaban J connectivity index is 2.19. The maximum Gasteiger partial charge on any atom is 0.204 e. The van der Waals surface area contributed by atoms with Crippen molar-refractivity contribution in [2.24, 2.45) is 0 Å². The molecule has 0 aliphatic carbocycles. The van der Waals surface area contributed by atoms with E-state index in [9.17, 15) is 9.90 Å². The molecular weight excluding hydrogens is 230 g/mol. The lowest BCUT2D eigenvalue weighted by atomic mass is 10.1. The number of allylic oxidation sites excluding steroid dienone is 1. The highest BCUT2D eigenvalue weighted by molar-refractivity contribution is 6.05. The number of aromatic nitrogens is 1. The molecule has 0 spiro atoms. The second kappa shape index (κ2) is 5.14. The van der Waals surface area contributed by atoms with Crippen LogP contribution >= 0.6 is 0 Å². The number of pyridine rings is 1. The van der Waals surface area contributed by atoms with Crippen LogP contribution in [0, 0.1) is 0 Å². The van der Waals surface area contributed by atoms with Crippen LogP contribution in [-0.2, 0) is 0 Å². The van der Waals surface area contributed by atoms with Crippen molar-refractivity contribution in [1.29, 1.82) is 0 Å². The fourth-order valence-electron chi connectivity index (χ4n) is 1.43. The molecule has 2 aromatic rings. The molecule has 0 unspecified atom stereocenters. The maximum atomic E-state index is 11.7. The standard InChI is InChI=1S/C14H11NO3/c16-11-6-4-10(14(18)9-11)5-7-13(17)12-3-1-2-8-15-12/h1-9,16,18H/b7-5+. The third-order valence-electron chi connectivity index (χ3n) is 2.35. The monoisotopic (exact) mass is 241 g/mol. The molecular formula is C14H11NO3. The van der Waals surface area contributed by atoms with Crippen LogP contribution in [0.1, 0.15) is 16.1 Å². The first-order valence-electron chi connectivity index (χ1n) is 5.32. The first kappa shape index (κ1) is 11.9. The molecule has 2 N–H and O–H groups in total. The molecule has 18 heavy (non-hydrogen) atoms. The number of hydrogen-bond acceptors (Lipinski definition) is 4. The second-order valence-electron chi connectivity index (χ2n) is 3.66. The van der Waals surface area contributed by atoms with Crippen LogP contribution in [0.4, 0.5) is 0 Å². The van der Waals surface area contributed by atoms with Gasteiger partial charge in [-0.15, -0.1) is 0 Å². The van der Waals surface area contributed by atoms with Gasteiger partial charge in [-0.05, 0) is 36.4 Å². The predicted octanol–water partition coefficient (Wildman–Crippen LogP) is 2.39. The average molecular weight is 241 g/mol. The highest BCUT2D eigenvalue weighted by atomic mass is 16.3. The van der Waals surface area contributed by atoms with E-state index in [2.05, 4.69) is 4.98 Å². The summed E-state index contributed by atoms with van der Waals surface area (Å²) in [5, 5.41) is 18.7. The molecule has 0 aliphatic heterocycles. The van der Waals surface area contributed by atoms with Gasteiger partial charge in [0.1, 0.15) is 17.2 Å². The Morgan fingerprint density at radius 3 is 2.67 bits per heavy atom. The van der Waals surface area contributed by atoms with Gasteiger partial charge in [-0.3, -0.25) is 9.78 Å². The Labute approximate surface area is 104 Å². The lowest BCUT2D eigenvalue weighted by molar-refractivity contribution is 0.104. The summed E-state index contributed by atoms with van der Waals surface area (Å²) in [6.07, 6.45) is 4.35.